The van der Waals surface area contributed by atoms with E-state index >= 15 is 0 Å². The van der Waals surface area contributed by atoms with E-state index in [0.717, 1.165) is 39.3 Å². The van der Waals surface area contributed by atoms with Gasteiger partial charge < -0.3 is 14.7 Å². The van der Waals surface area contributed by atoms with Crippen molar-refractivity contribution >= 4 is 17.1 Å². The first kappa shape index (κ1) is 46.0. The molecule has 0 aliphatic carbocycles. The lowest BCUT2D eigenvalue weighted by Crippen LogP contribution is -2.25. The minimum Gasteiger partial charge on any atom is -0.372 e. The van der Waals surface area contributed by atoms with Gasteiger partial charge in [0.25, 0.3) is 0 Å². The highest BCUT2D eigenvalue weighted by atomic mass is 15.1. The Hall–Kier alpha value is -3.72. The van der Waals surface area contributed by atoms with Crippen molar-refractivity contribution in [3.05, 3.63) is 91.0 Å². The predicted octanol–water partition coefficient (Wildman–Crippen LogP) is 16.2. The van der Waals surface area contributed by atoms with Crippen molar-refractivity contribution in [2.45, 2.75) is 157 Å². The quantitative estimate of drug-likeness (QED) is 0.0489. The van der Waals surface area contributed by atoms with Crippen LogP contribution in [-0.2, 0) is 0 Å². The maximum absolute atomic E-state index is 2.63. The van der Waals surface area contributed by atoms with Gasteiger partial charge in [-0.05, 0) is 127 Å². The van der Waals surface area contributed by atoms with Crippen LogP contribution in [0.2, 0.25) is 0 Å². The molecule has 0 bridgehead atoms. The Balaban J connectivity index is 1.70. The second kappa shape index (κ2) is 27.1. The van der Waals surface area contributed by atoms with Crippen LogP contribution in [0, 0.1) is 0 Å². The molecule has 0 aliphatic heterocycles. The number of hydrogen-bond donors (Lipinski definition) is 0. The third-order valence-electron chi connectivity index (χ3n) is 11.8. The molecular weight excluding hydrogens is 691 g/mol. The first-order valence-corrected chi connectivity index (χ1v) is 23.8. The van der Waals surface area contributed by atoms with Gasteiger partial charge in [-0.25, -0.2) is 0 Å². The molecule has 0 aliphatic rings. The van der Waals surface area contributed by atoms with E-state index in [2.05, 4.69) is 147 Å². The van der Waals surface area contributed by atoms with Crippen LogP contribution in [0.5, 0.6) is 0 Å². The molecule has 0 saturated carbocycles. The van der Waals surface area contributed by atoms with Gasteiger partial charge in [-0.3, -0.25) is 0 Å². The molecule has 0 amide bonds. The lowest BCUT2D eigenvalue weighted by atomic mass is 9.93. The fraction of sp³-hybridized carbons (Fsp3) is 0.556. The van der Waals surface area contributed by atoms with Gasteiger partial charge in [0.05, 0.1) is 0 Å². The lowest BCUT2D eigenvalue weighted by molar-refractivity contribution is 0.636. The van der Waals surface area contributed by atoms with Crippen LogP contribution in [0.25, 0.3) is 33.4 Å². The van der Waals surface area contributed by atoms with Crippen LogP contribution < -0.4 is 14.7 Å². The summed E-state index contributed by atoms with van der Waals surface area (Å²) in [4.78, 5) is 7.88. The van der Waals surface area contributed by atoms with Crippen molar-refractivity contribution in [2.24, 2.45) is 0 Å². The number of benzene rings is 4. The van der Waals surface area contributed by atoms with Crippen LogP contribution in [0.4, 0.5) is 17.1 Å². The Kier molecular flexibility index (Phi) is 21.8. The number of rotatable bonds is 30. The van der Waals surface area contributed by atoms with E-state index in [9.17, 15) is 0 Å². The summed E-state index contributed by atoms with van der Waals surface area (Å²) in [6.07, 6.45) is 22.9. The molecule has 57 heavy (non-hydrogen) atoms. The molecule has 0 N–H and O–H groups in total. The minimum absolute atomic E-state index is 1.14. The zero-order valence-electron chi connectivity index (χ0n) is 37.5. The highest BCUT2D eigenvalue weighted by Crippen LogP contribution is 2.35. The van der Waals surface area contributed by atoms with E-state index in [4.69, 9.17) is 0 Å². The van der Waals surface area contributed by atoms with Crippen molar-refractivity contribution in [1.29, 1.82) is 0 Å². The molecule has 312 valence electrons. The predicted molar refractivity (Wildman–Crippen MR) is 257 cm³/mol. The van der Waals surface area contributed by atoms with Gasteiger partial charge in [0.1, 0.15) is 0 Å². The van der Waals surface area contributed by atoms with Crippen molar-refractivity contribution in [2.75, 3.05) is 54.0 Å². The van der Waals surface area contributed by atoms with Gasteiger partial charge in [-0.15, -0.1) is 0 Å². The fourth-order valence-electron chi connectivity index (χ4n) is 8.15. The van der Waals surface area contributed by atoms with E-state index in [1.54, 1.807) is 0 Å². The van der Waals surface area contributed by atoms with Crippen LogP contribution in [0.1, 0.15) is 157 Å². The molecule has 3 heteroatoms. The van der Waals surface area contributed by atoms with E-state index in [-0.39, 0.29) is 0 Å². The fourth-order valence-corrected chi connectivity index (χ4v) is 8.15. The average Bonchev–Trinajstić information content (AvgIpc) is 3.25. The molecule has 0 atom stereocenters. The summed E-state index contributed by atoms with van der Waals surface area (Å²) in [7, 11) is 0. The number of anilines is 3. The highest BCUT2D eigenvalue weighted by molar-refractivity contribution is 5.82. The standard InChI is InChI=1S/C54H81N3/c1-7-13-19-37-55(38-20-14-8-2)52-31-25-46(26-32-52)49-43-50(47-27-33-53(34-28-47)56(39-21-15-9-3)40-22-16-10-4)45-51(44-49)48-29-35-54(36-30-48)57(41-23-17-11-5)42-24-18-12-6/h25-36,43-45H,7-24,37-42H2,1-6H3. The number of hydrogen-bond acceptors (Lipinski definition) is 3. The Bertz CT molecular complexity index is 1370. The van der Waals surface area contributed by atoms with Gasteiger partial charge in [-0.1, -0.05) is 155 Å². The van der Waals surface area contributed by atoms with Gasteiger partial charge in [-0.2, -0.15) is 0 Å². The van der Waals surface area contributed by atoms with E-state index in [1.165, 1.54) is 166 Å². The molecule has 0 heterocycles. The SMILES string of the molecule is CCCCCN(CCCCC)c1ccc(-c2cc(-c3ccc(N(CCCCC)CCCCC)cc3)cc(-c3ccc(N(CCCCC)CCCCC)cc3)c2)cc1. The third kappa shape index (κ3) is 15.5. The molecule has 3 nitrogen and oxygen atoms in total. The van der Waals surface area contributed by atoms with Gasteiger partial charge in [0.2, 0.25) is 0 Å². The summed E-state index contributed by atoms with van der Waals surface area (Å²) in [5.74, 6) is 0. The Labute approximate surface area is 351 Å². The topological polar surface area (TPSA) is 9.72 Å². The van der Waals surface area contributed by atoms with Crippen LogP contribution >= 0.6 is 0 Å². The monoisotopic (exact) mass is 772 g/mol. The number of nitrogens with zero attached hydrogens (tertiary/aromatic N) is 3. The van der Waals surface area contributed by atoms with Crippen molar-refractivity contribution in [3.63, 3.8) is 0 Å². The summed E-state index contributed by atoms with van der Waals surface area (Å²) in [5.41, 5.74) is 11.8. The average molecular weight is 772 g/mol. The van der Waals surface area contributed by atoms with Crippen molar-refractivity contribution in [3.8, 4) is 33.4 Å². The lowest BCUT2D eigenvalue weighted by Gasteiger charge is -2.26. The van der Waals surface area contributed by atoms with E-state index in [0.29, 0.717) is 0 Å². The molecule has 4 aromatic rings. The van der Waals surface area contributed by atoms with Crippen molar-refractivity contribution < 1.29 is 0 Å². The summed E-state index contributed by atoms with van der Waals surface area (Å²) in [6, 6.07) is 35.7. The van der Waals surface area contributed by atoms with Crippen LogP contribution in [0.15, 0.2) is 91.0 Å². The van der Waals surface area contributed by atoms with Gasteiger partial charge in [0, 0.05) is 56.3 Å². The first-order chi connectivity index (χ1) is 28.0. The highest BCUT2D eigenvalue weighted by Gasteiger charge is 2.13. The molecule has 0 radical (unpaired) electrons. The third-order valence-corrected chi connectivity index (χ3v) is 11.8. The molecule has 0 saturated heterocycles. The summed E-state index contributed by atoms with van der Waals surface area (Å²) < 4.78 is 0. The smallest absolute Gasteiger partial charge is 0.0366 e. The molecule has 0 unspecified atom stereocenters. The maximum atomic E-state index is 2.63. The van der Waals surface area contributed by atoms with Gasteiger partial charge in [0.15, 0.2) is 0 Å². The normalized spacial score (nSPS) is 11.3. The summed E-state index contributed by atoms with van der Waals surface area (Å²) in [6.45, 7) is 20.7. The zero-order valence-corrected chi connectivity index (χ0v) is 37.5. The van der Waals surface area contributed by atoms with E-state index in [1.807, 2.05) is 0 Å². The maximum Gasteiger partial charge on any atom is 0.0366 e. The second-order valence-electron chi connectivity index (χ2n) is 16.6. The molecule has 4 aromatic carbocycles. The minimum atomic E-state index is 1.14. The van der Waals surface area contributed by atoms with E-state index < -0.39 is 0 Å². The second-order valence-corrected chi connectivity index (χ2v) is 16.6. The Morgan fingerprint density at radius 1 is 0.246 bits per heavy atom. The molecule has 0 spiro atoms. The number of unbranched alkanes of at least 4 members (excludes halogenated alkanes) is 12. The van der Waals surface area contributed by atoms with Crippen LogP contribution in [0.3, 0.4) is 0 Å². The molecule has 0 aromatic heterocycles. The first-order valence-electron chi connectivity index (χ1n) is 23.8. The Morgan fingerprint density at radius 2 is 0.439 bits per heavy atom. The van der Waals surface area contributed by atoms with Crippen LogP contribution in [-0.4, -0.2) is 39.3 Å². The van der Waals surface area contributed by atoms with Crippen molar-refractivity contribution in [1.82, 2.24) is 0 Å². The Morgan fingerprint density at radius 3 is 0.614 bits per heavy atom. The van der Waals surface area contributed by atoms with Gasteiger partial charge >= 0.3 is 0 Å². The summed E-state index contributed by atoms with van der Waals surface area (Å²) >= 11 is 0. The molecular formula is C54H81N3. The largest absolute Gasteiger partial charge is 0.372 e. The summed E-state index contributed by atoms with van der Waals surface area (Å²) in [5, 5.41) is 0. The molecule has 0 fully saturated rings. The molecule has 4 rings (SSSR count). The zero-order chi connectivity index (χ0) is 40.5.